The molecule has 0 spiro atoms. The first-order valence-corrected chi connectivity index (χ1v) is 14.3. The number of amides is 1. The molecule has 0 aliphatic heterocycles. The molecule has 2 aromatic carbocycles. The van der Waals surface area contributed by atoms with Crippen molar-refractivity contribution in [3.8, 4) is 22.9 Å². The molecule has 1 N–H and O–H groups in total. The number of ether oxygens (including phenoxy) is 4. The summed E-state index contributed by atoms with van der Waals surface area (Å²) in [7, 11) is 1.30. The maximum absolute atomic E-state index is 12.6. The number of aryl methyl sites for hydroxylation is 2. The number of aromatic nitrogens is 1. The van der Waals surface area contributed by atoms with Gasteiger partial charge in [0.05, 0.1) is 23.5 Å². The van der Waals surface area contributed by atoms with E-state index in [1.165, 1.54) is 13.3 Å². The molecule has 0 fully saturated rings. The highest BCUT2D eigenvalue weighted by atomic mass is 127. The number of carbonyl (C=O) groups excluding carboxylic acids is 2. The number of hydrazone groups is 1. The van der Waals surface area contributed by atoms with Gasteiger partial charge in [-0.05, 0) is 117 Å². The summed E-state index contributed by atoms with van der Waals surface area (Å²) >= 11 is 2.08. The number of rotatable bonds is 12. The molecule has 42 heavy (non-hydrogen) atoms. The summed E-state index contributed by atoms with van der Waals surface area (Å²) in [6.45, 7) is 8.12. The molecule has 220 valence electrons. The summed E-state index contributed by atoms with van der Waals surface area (Å²) in [6.07, 6.45) is 0.665. The number of hydrogen-bond donors (Lipinski definition) is 1. The van der Waals surface area contributed by atoms with Gasteiger partial charge in [0.15, 0.2) is 23.4 Å². The summed E-state index contributed by atoms with van der Waals surface area (Å²) in [5.41, 5.74) is 6.49. The number of furan rings is 1. The van der Waals surface area contributed by atoms with Gasteiger partial charge in [0.25, 0.3) is 0 Å². The standard InChI is InChI=1S/C31H32IN3O7/c1-6-39-28-16-22(15-26(32)29(28)41-21(4)31(37)38-5)17-33-34-30(36)27-14-13-25(42-27)18-40-24-11-9-23(10-12-24)35-19(2)7-8-20(35)3/h7-17,21H,6,18H2,1-5H3,(H,34,36)/b33-17+/t21-/m0/s1. The van der Waals surface area contributed by atoms with Crippen LogP contribution < -0.4 is 19.6 Å². The number of esters is 1. The molecule has 0 bridgehead atoms. The van der Waals surface area contributed by atoms with Crippen molar-refractivity contribution in [1.82, 2.24) is 9.99 Å². The van der Waals surface area contributed by atoms with Gasteiger partial charge in [-0.1, -0.05) is 0 Å². The Hall–Kier alpha value is -4.26. The molecule has 0 aliphatic rings. The normalized spacial score (nSPS) is 11.8. The Balaban J connectivity index is 1.34. The van der Waals surface area contributed by atoms with Crippen LogP contribution in [0.5, 0.6) is 17.2 Å². The van der Waals surface area contributed by atoms with Crippen LogP contribution in [0.4, 0.5) is 0 Å². The second-order valence-corrected chi connectivity index (χ2v) is 10.4. The van der Waals surface area contributed by atoms with Gasteiger partial charge in [-0.15, -0.1) is 0 Å². The van der Waals surface area contributed by atoms with E-state index in [2.05, 4.69) is 63.7 Å². The minimum Gasteiger partial charge on any atom is -0.490 e. The summed E-state index contributed by atoms with van der Waals surface area (Å²) in [5.74, 6) is 1.14. The van der Waals surface area contributed by atoms with Crippen molar-refractivity contribution < 1.29 is 33.0 Å². The molecule has 0 unspecified atom stereocenters. The van der Waals surface area contributed by atoms with E-state index in [1.54, 1.807) is 31.2 Å². The van der Waals surface area contributed by atoms with Crippen LogP contribution in [0.1, 0.15) is 47.1 Å². The van der Waals surface area contributed by atoms with Crippen LogP contribution in [0, 0.1) is 17.4 Å². The molecule has 1 amide bonds. The van der Waals surface area contributed by atoms with Gasteiger partial charge in [0.2, 0.25) is 0 Å². The number of methoxy groups -OCH3 is 1. The molecule has 4 rings (SSSR count). The lowest BCUT2D eigenvalue weighted by atomic mass is 10.2. The first-order valence-electron chi connectivity index (χ1n) is 13.2. The van der Waals surface area contributed by atoms with Crippen molar-refractivity contribution in [3.63, 3.8) is 0 Å². The summed E-state index contributed by atoms with van der Waals surface area (Å²) in [6, 6.07) is 18.7. The number of hydrogen-bond acceptors (Lipinski definition) is 8. The van der Waals surface area contributed by atoms with Crippen LogP contribution in [0.2, 0.25) is 0 Å². The Morgan fingerprint density at radius 3 is 2.43 bits per heavy atom. The molecule has 11 heteroatoms. The zero-order chi connectivity index (χ0) is 30.2. The molecule has 0 saturated carbocycles. The average molecular weight is 686 g/mol. The van der Waals surface area contributed by atoms with E-state index < -0.39 is 18.0 Å². The van der Waals surface area contributed by atoms with Gasteiger partial charge in [-0.3, -0.25) is 4.79 Å². The van der Waals surface area contributed by atoms with Crippen LogP contribution in [-0.4, -0.2) is 42.5 Å². The molecule has 0 radical (unpaired) electrons. The maximum atomic E-state index is 12.6. The van der Waals surface area contributed by atoms with Crippen LogP contribution in [0.25, 0.3) is 5.69 Å². The third kappa shape index (κ3) is 7.52. The Labute approximate surface area is 257 Å². The Kier molecular flexibility index (Phi) is 10.3. The molecule has 4 aromatic rings. The van der Waals surface area contributed by atoms with E-state index in [4.69, 9.17) is 23.4 Å². The fourth-order valence-corrected chi connectivity index (χ4v) is 4.90. The monoisotopic (exact) mass is 685 g/mol. The number of carbonyl (C=O) groups is 2. The highest BCUT2D eigenvalue weighted by Gasteiger charge is 2.20. The van der Waals surface area contributed by atoms with Crippen LogP contribution in [0.15, 0.2) is 70.2 Å². The molecular weight excluding hydrogens is 653 g/mol. The van der Waals surface area contributed by atoms with Crippen molar-refractivity contribution in [2.45, 2.75) is 40.4 Å². The second-order valence-electron chi connectivity index (χ2n) is 9.25. The molecule has 10 nitrogen and oxygen atoms in total. The van der Waals surface area contributed by atoms with E-state index in [1.807, 2.05) is 31.2 Å². The van der Waals surface area contributed by atoms with Crippen LogP contribution in [0.3, 0.4) is 0 Å². The van der Waals surface area contributed by atoms with Crippen LogP contribution >= 0.6 is 22.6 Å². The summed E-state index contributed by atoms with van der Waals surface area (Å²) in [5, 5.41) is 4.05. The van der Waals surface area contributed by atoms with E-state index >= 15 is 0 Å². The van der Waals surface area contributed by atoms with Crippen molar-refractivity contribution in [2.75, 3.05) is 13.7 Å². The SMILES string of the molecule is CCOc1cc(/C=N/NC(=O)c2ccc(COc3ccc(-n4c(C)ccc4C)cc3)o2)cc(I)c1O[C@@H](C)C(=O)OC. The van der Waals surface area contributed by atoms with Gasteiger partial charge in [0, 0.05) is 17.1 Å². The van der Waals surface area contributed by atoms with E-state index in [0.29, 0.717) is 38.7 Å². The average Bonchev–Trinajstić information content (AvgIpc) is 3.59. The van der Waals surface area contributed by atoms with Crippen molar-refractivity contribution >= 4 is 40.7 Å². The predicted octanol–water partition coefficient (Wildman–Crippen LogP) is 5.97. The van der Waals surface area contributed by atoms with E-state index in [-0.39, 0.29) is 12.4 Å². The minimum atomic E-state index is -0.811. The lowest BCUT2D eigenvalue weighted by Gasteiger charge is -2.17. The van der Waals surface area contributed by atoms with Gasteiger partial charge in [-0.2, -0.15) is 5.10 Å². The predicted molar refractivity (Wildman–Crippen MR) is 166 cm³/mol. The number of nitrogens with one attached hydrogen (secondary N) is 1. The van der Waals surface area contributed by atoms with Gasteiger partial charge in [-0.25, -0.2) is 10.2 Å². The van der Waals surface area contributed by atoms with Crippen molar-refractivity contribution in [3.05, 3.63) is 92.7 Å². The largest absolute Gasteiger partial charge is 0.490 e. The molecule has 2 heterocycles. The van der Waals surface area contributed by atoms with Crippen molar-refractivity contribution in [1.29, 1.82) is 0 Å². The molecule has 0 aliphatic carbocycles. The van der Waals surface area contributed by atoms with Crippen molar-refractivity contribution in [2.24, 2.45) is 5.10 Å². The fraction of sp³-hybridized carbons (Fsp3) is 0.258. The second kappa shape index (κ2) is 14.1. The van der Waals surface area contributed by atoms with Crippen LogP contribution in [-0.2, 0) is 16.1 Å². The maximum Gasteiger partial charge on any atom is 0.346 e. The summed E-state index contributed by atoms with van der Waals surface area (Å²) in [4.78, 5) is 24.4. The lowest BCUT2D eigenvalue weighted by Crippen LogP contribution is -2.25. The zero-order valence-corrected chi connectivity index (χ0v) is 26.1. The quantitative estimate of drug-likeness (QED) is 0.0846. The zero-order valence-electron chi connectivity index (χ0n) is 24.0. The molecule has 1 atom stereocenters. The number of halogens is 1. The Bertz CT molecular complexity index is 1550. The Morgan fingerprint density at radius 1 is 1.05 bits per heavy atom. The molecule has 2 aromatic heterocycles. The topological polar surface area (TPSA) is 114 Å². The first kappa shape index (κ1) is 30.7. The summed E-state index contributed by atoms with van der Waals surface area (Å²) < 4.78 is 30.6. The van der Waals surface area contributed by atoms with Gasteiger partial charge < -0.3 is 27.9 Å². The lowest BCUT2D eigenvalue weighted by molar-refractivity contribution is -0.148. The minimum absolute atomic E-state index is 0.102. The molecular formula is C31H32IN3O7. The highest BCUT2D eigenvalue weighted by molar-refractivity contribution is 14.1. The third-order valence-electron chi connectivity index (χ3n) is 6.17. The highest BCUT2D eigenvalue weighted by Crippen LogP contribution is 2.35. The number of benzene rings is 2. The van der Waals surface area contributed by atoms with Gasteiger partial charge >= 0.3 is 11.9 Å². The smallest absolute Gasteiger partial charge is 0.346 e. The van der Waals surface area contributed by atoms with E-state index in [0.717, 1.165) is 17.1 Å². The fourth-order valence-electron chi connectivity index (χ4n) is 4.15. The van der Waals surface area contributed by atoms with Gasteiger partial charge in [0.1, 0.15) is 18.1 Å². The Morgan fingerprint density at radius 2 is 1.76 bits per heavy atom. The number of nitrogens with zero attached hydrogens (tertiary/aromatic N) is 2. The first-order chi connectivity index (χ1) is 20.2. The molecule has 0 saturated heterocycles. The third-order valence-corrected chi connectivity index (χ3v) is 6.97. The van der Waals surface area contributed by atoms with E-state index in [9.17, 15) is 9.59 Å².